The van der Waals surface area contributed by atoms with E-state index >= 15 is 0 Å². The van der Waals surface area contributed by atoms with Gasteiger partial charge in [0, 0.05) is 45.8 Å². The maximum absolute atomic E-state index is 10.9. The molecule has 1 saturated heterocycles. The predicted molar refractivity (Wildman–Crippen MR) is 106 cm³/mol. The smallest absolute Gasteiger partial charge is 0.123 e. The average molecular weight is 348 g/mol. The van der Waals surface area contributed by atoms with E-state index in [0.717, 1.165) is 56.9 Å². The predicted octanol–water partition coefficient (Wildman–Crippen LogP) is 3.06. The zero-order valence-electron chi connectivity index (χ0n) is 17.0. The van der Waals surface area contributed by atoms with Crippen molar-refractivity contribution in [3.05, 3.63) is 28.8 Å². The summed E-state index contributed by atoms with van der Waals surface area (Å²) in [5, 5.41) is 10.9. The van der Waals surface area contributed by atoms with Gasteiger partial charge in [0.05, 0.1) is 0 Å². The summed E-state index contributed by atoms with van der Waals surface area (Å²) >= 11 is 0. The van der Waals surface area contributed by atoms with Gasteiger partial charge >= 0.3 is 0 Å². The van der Waals surface area contributed by atoms with Crippen LogP contribution in [0.3, 0.4) is 0 Å². The Labute approximate surface area is 154 Å². The molecule has 0 aromatic heterocycles. The number of hydrogen-bond donors (Lipinski definition) is 2. The van der Waals surface area contributed by atoms with Crippen LogP contribution < -0.4 is 5.73 Å². The quantitative estimate of drug-likeness (QED) is 0.879. The monoisotopic (exact) mass is 347 g/mol. The molecule has 0 spiro atoms. The molecule has 1 heterocycles. The van der Waals surface area contributed by atoms with Crippen LogP contribution in [0.5, 0.6) is 5.75 Å². The summed E-state index contributed by atoms with van der Waals surface area (Å²) in [7, 11) is 0. The number of phenolic OH excluding ortho intramolecular Hbond substituents is 1. The second-order valence-corrected chi connectivity index (χ2v) is 9.45. The minimum Gasteiger partial charge on any atom is -0.507 e. The lowest BCUT2D eigenvalue weighted by Gasteiger charge is -2.35. The largest absolute Gasteiger partial charge is 0.507 e. The summed E-state index contributed by atoms with van der Waals surface area (Å²) in [5.41, 5.74) is 8.94. The molecular formula is C21H37N3O. The fraction of sp³-hybridized carbons (Fsp3) is 0.714. The van der Waals surface area contributed by atoms with Crippen LogP contribution in [0.4, 0.5) is 0 Å². The van der Waals surface area contributed by atoms with Crippen LogP contribution in [-0.2, 0) is 17.4 Å². The number of phenols is 1. The second kappa shape index (κ2) is 7.65. The molecule has 0 atom stereocenters. The number of hydrogen-bond acceptors (Lipinski definition) is 4. The maximum atomic E-state index is 10.9. The highest BCUT2D eigenvalue weighted by Gasteiger charge is 2.27. The number of benzene rings is 1. The van der Waals surface area contributed by atoms with Crippen LogP contribution in [0.25, 0.3) is 0 Å². The molecule has 1 aliphatic heterocycles. The lowest BCUT2D eigenvalue weighted by atomic mass is 9.78. The third kappa shape index (κ3) is 5.19. The average Bonchev–Trinajstić information content (AvgIpc) is 2.49. The molecule has 4 nitrogen and oxygen atoms in total. The van der Waals surface area contributed by atoms with Gasteiger partial charge in [0.1, 0.15) is 5.75 Å². The lowest BCUT2D eigenvalue weighted by molar-refractivity contribution is 0.129. The number of nitrogens with two attached hydrogens (primary N) is 1. The van der Waals surface area contributed by atoms with Gasteiger partial charge in [0.25, 0.3) is 0 Å². The molecule has 0 amide bonds. The molecule has 0 aliphatic carbocycles. The Bertz CT molecular complexity index is 541. The van der Waals surface area contributed by atoms with Gasteiger partial charge < -0.3 is 10.8 Å². The zero-order chi connectivity index (χ0) is 18.8. The molecule has 2 rings (SSSR count). The summed E-state index contributed by atoms with van der Waals surface area (Å²) in [6.07, 6.45) is 0. The Hall–Kier alpha value is -1.10. The van der Waals surface area contributed by atoms with Gasteiger partial charge in [-0.1, -0.05) is 53.7 Å². The van der Waals surface area contributed by atoms with Crippen molar-refractivity contribution in [2.45, 2.75) is 58.9 Å². The van der Waals surface area contributed by atoms with Crippen molar-refractivity contribution in [3.8, 4) is 5.75 Å². The number of aromatic hydroxyl groups is 1. The topological polar surface area (TPSA) is 52.7 Å². The highest BCUT2D eigenvalue weighted by Crippen LogP contribution is 2.40. The SMILES string of the molecule is CC(C)(C)c1cc(CN2CCN(CCN)CC2)cc(C(C)(C)C)c1O. The number of piperazine rings is 1. The normalized spacial score (nSPS) is 17.9. The minimum atomic E-state index is -0.0695. The van der Waals surface area contributed by atoms with Crippen molar-refractivity contribution in [2.24, 2.45) is 5.73 Å². The van der Waals surface area contributed by atoms with E-state index in [4.69, 9.17) is 5.73 Å². The highest BCUT2D eigenvalue weighted by atomic mass is 16.3. The van der Waals surface area contributed by atoms with Crippen LogP contribution in [0, 0.1) is 0 Å². The minimum absolute atomic E-state index is 0.0695. The Balaban J connectivity index is 2.24. The molecule has 1 fully saturated rings. The molecule has 1 aromatic carbocycles. The van der Waals surface area contributed by atoms with Gasteiger partial charge in [0.2, 0.25) is 0 Å². The molecule has 0 saturated carbocycles. The molecule has 1 aliphatic rings. The third-order valence-corrected chi connectivity index (χ3v) is 5.10. The van der Waals surface area contributed by atoms with Crippen molar-refractivity contribution >= 4 is 0 Å². The Morgan fingerprint density at radius 2 is 1.32 bits per heavy atom. The molecule has 142 valence electrons. The van der Waals surface area contributed by atoms with Gasteiger partial charge in [0.15, 0.2) is 0 Å². The Morgan fingerprint density at radius 3 is 1.72 bits per heavy atom. The Kier molecular flexibility index (Phi) is 6.18. The molecule has 4 heteroatoms. The van der Waals surface area contributed by atoms with Crippen LogP contribution in [0.15, 0.2) is 12.1 Å². The van der Waals surface area contributed by atoms with Crippen molar-refractivity contribution in [1.82, 2.24) is 9.80 Å². The molecule has 0 radical (unpaired) electrons. The summed E-state index contributed by atoms with van der Waals surface area (Å²) in [6.45, 7) is 20.0. The van der Waals surface area contributed by atoms with Crippen molar-refractivity contribution in [1.29, 1.82) is 0 Å². The van der Waals surface area contributed by atoms with E-state index in [1.165, 1.54) is 5.56 Å². The summed E-state index contributed by atoms with van der Waals surface area (Å²) in [4.78, 5) is 4.95. The third-order valence-electron chi connectivity index (χ3n) is 5.10. The number of rotatable bonds is 4. The first-order chi connectivity index (χ1) is 11.5. The van der Waals surface area contributed by atoms with E-state index in [-0.39, 0.29) is 10.8 Å². The van der Waals surface area contributed by atoms with Gasteiger partial charge in [-0.3, -0.25) is 9.80 Å². The summed E-state index contributed by atoms with van der Waals surface area (Å²) in [5.74, 6) is 0.469. The first kappa shape index (κ1) is 20.2. The van der Waals surface area contributed by atoms with Crippen molar-refractivity contribution in [3.63, 3.8) is 0 Å². The zero-order valence-corrected chi connectivity index (χ0v) is 17.0. The van der Waals surface area contributed by atoms with Crippen LogP contribution in [-0.4, -0.2) is 54.2 Å². The first-order valence-electron chi connectivity index (χ1n) is 9.54. The summed E-state index contributed by atoms with van der Waals surface area (Å²) < 4.78 is 0. The maximum Gasteiger partial charge on any atom is 0.123 e. The standard InChI is InChI=1S/C21H37N3O/c1-20(2,3)17-13-16(14-18(19(17)25)21(4,5)6)15-24-11-9-23(8-7-22)10-12-24/h13-14,25H,7-12,15,22H2,1-6H3. The van der Waals surface area contributed by atoms with Gasteiger partial charge in [-0.25, -0.2) is 0 Å². The molecule has 1 aromatic rings. The molecular weight excluding hydrogens is 310 g/mol. The first-order valence-corrected chi connectivity index (χ1v) is 9.54. The molecule has 0 bridgehead atoms. The van der Waals surface area contributed by atoms with Crippen LogP contribution in [0.2, 0.25) is 0 Å². The van der Waals surface area contributed by atoms with Crippen LogP contribution in [0.1, 0.15) is 58.2 Å². The molecule has 3 N–H and O–H groups in total. The van der Waals surface area contributed by atoms with E-state index in [0.29, 0.717) is 5.75 Å². The van der Waals surface area contributed by atoms with Crippen molar-refractivity contribution in [2.75, 3.05) is 39.3 Å². The van der Waals surface area contributed by atoms with Crippen molar-refractivity contribution < 1.29 is 5.11 Å². The van der Waals surface area contributed by atoms with E-state index < -0.39 is 0 Å². The van der Waals surface area contributed by atoms with E-state index in [2.05, 4.69) is 63.5 Å². The Morgan fingerprint density at radius 1 is 0.880 bits per heavy atom. The lowest BCUT2D eigenvalue weighted by Crippen LogP contribution is -2.47. The van der Waals surface area contributed by atoms with E-state index in [1.807, 2.05) is 0 Å². The molecule has 0 unspecified atom stereocenters. The van der Waals surface area contributed by atoms with E-state index in [1.54, 1.807) is 0 Å². The second-order valence-electron chi connectivity index (χ2n) is 9.45. The van der Waals surface area contributed by atoms with Gasteiger partial charge in [-0.2, -0.15) is 0 Å². The number of nitrogens with zero attached hydrogens (tertiary/aromatic N) is 2. The van der Waals surface area contributed by atoms with Gasteiger partial charge in [-0.15, -0.1) is 0 Å². The molecule has 25 heavy (non-hydrogen) atoms. The van der Waals surface area contributed by atoms with E-state index in [9.17, 15) is 5.11 Å². The summed E-state index contributed by atoms with van der Waals surface area (Å²) in [6, 6.07) is 4.41. The fourth-order valence-corrected chi connectivity index (χ4v) is 3.54. The van der Waals surface area contributed by atoms with Crippen LogP contribution >= 0.6 is 0 Å². The highest BCUT2D eigenvalue weighted by molar-refractivity contribution is 5.49. The fourth-order valence-electron chi connectivity index (χ4n) is 3.54. The van der Waals surface area contributed by atoms with Gasteiger partial charge in [-0.05, 0) is 27.5 Å².